The standard InChI is InChI=1S/C16H18N2O2S/c1-18(10-7-14-4-2-3-9-17-14)12-15-13(8-11-21-15)5-6-16(19)20/h2-6,8-9,11H,7,10,12H2,1H3,(H,19,20). The molecule has 0 bridgehead atoms. The summed E-state index contributed by atoms with van der Waals surface area (Å²) in [6.07, 6.45) is 5.55. The Hall–Kier alpha value is -1.98. The molecule has 0 aliphatic heterocycles. The van der Waals surface area contributed by atoms with Crippen molar-refractivity contribution in [2.45, 2.75) is 13.0 Å². The molecule has 5 heteroatoms. The van der Waals surface area contributed by atoms with E-state index in [1.54, 1.807) is 17.4 Å². The Kier molecular flexibility index (Phi) is 5.66. The summed E-state index contributed by atoms with van der Waals surface area (Å²) in [7, 11) is 2.06. The maximum absolute atomic E-state index is 10.6. The van der Waals surface area contributed by atoms with Crippen molar-refractivity contribution in [3.05, 3.63) is 58.1 Å². The van der Waals surface area contributed by atoms with Crippen LogP contribution in [0.15, 0.2) is 41.9 Å². The quantitative estimate of drug-likeness (QED) is 0.799. The van der Waals surface area contributed by atoms with Crippen LogP contribution in [0.2, 0.25) is 0 Å². The van der Waals surface area contributed by atoms with Gasteiger partial charge in [-0.2, -0.15) is 0 Å². The van der Waals surface area contributed by atoms with Crippen molar-refractivity contribution in [2.75, 3.05) is 13.6 Å². The van der Waals surface area contributed by atoms with Crippen LogP contribution in [0.4, 0.5) is 0 Å². The molecule has 0 saturated carbocycles. The Morgan fingerprint density at radius 1 is 1.43 bits per heavy atom. The van der Waals surface area contributed by atoms with Crippen LogP contribution in [0, 0.1) is 0 Å². The molecule has 0 spiro atoms. The van der Waals surface area contributed by atoms with Gasteiger partial charge < -0.3 is 10.0 Å². The first-order chi connectivity index (χ1) is 10.1. The average molecular weight is 302 g/mol. The third kappa shape index (κ3) is 5.13. The van der Waals surface area contributed by atoms with Gasteiger partial charge in [-0.15, -0.1) is 11.3 Å². The zero-order valence-electron chi connectivity index (χ0n) is 11.9. The monoisotopic (exact) mass is 302 g/mol. The number of aromatic nitrogens is 1. The van der Waals surface area contributed by atoms with Crippen LogP contribution in [-0.4, -0.2) is 34.6 Å². The topological polar surface area (TPSA) is 53.4 Å². The summed E-state index contributed by atoms with van der Waals surface area (Å²) in [5, 5.41) is 10.7. The third-order valence-corrected chi connectivity index (χ3v) is 4.00. The minimum atomic E-state index is -0.921. The van der Waals surface area contributed by atoms with Crippen LogP contribution < -0.4 is 0 Å². The van der Waals surface area contributed by atoms with E-state index in [1.807, 2.05) is 35.8 Å². The number of aliphatic carboxylic acids is 1. The van der Waals surface area contributed by atoms with Gasteiger partial charge in [0.05, 0.1) is 0 Å². The van der Waals surface area contributed by atoms with Crippen LogP contribution in [0.3, 0.4) is 0 Å². The zero-order valence-corrected chi connectivity index (χ0v) is 12.7. The smallest absolute Gasteiger partial charge is 0.328 e. The molecule has 4 nitrogen and oxygen atoms in total. The van der Waals surface area contributed by atoms with Gasteiger partial charge >= 0.3 is 5.97 Å². The lowest BCUT2D eigenvalue weighted by molar-refractivity contribution is -0.131. The molecule has 0 amide bonds. The maximum atomic E-state index is 10.6. The number of hydrogen-bond donors (Lipinski definition) is 1. The van der Waals surface area contributed by atoms with Crippen molar-refractivity contribution in [3.63, 3.8) is 0 Å². The lowest BCUT2D eigenvalue weighted by atomic mass is 10.2. The Bertz CT molecular complexity index is 608. The highest BCUT2D eigenvalue weighted by atomic mass is 32.1. The van der Waals surface area contributed by atoms with Crippen LogP contribution in [-0.2, 0) is 17.8 Å². The molecule has 0 aromatic carbocycles. The van der Waals surface area contributed by atoms with Gasteiger partial charge in [0.1, 0.15) is 0 Å². The van der Waals surface area contributed by atoms with Crippen molar-refractivity contribution in [2.24, 2.45) is 0 Å². The minimum absolute atomic E-state index is 0.809. The van der Waals surface area contributed by atoms with Crippen molar-refractivity contribution in [1.82, 2.24) is 9.88 Å². The molecule has 0 aliphatic rings. The van der Waals surface area contributed by atoms with Crippen molar-refractivity contribution in [3.8, 4) is 0 Å². The summed E-state index contributed by atoms with van der Waals surface area (Å²) >= 11 is 1.65. The highest BCUT2D eigenvalue weighted by molar-refractivity contribution is 7.10. The first-order valence-electron chi connectivity index (χ1n) is 6.71. The summed E-state index contributed by atoms with van der Waals surface area (Å²) in [4.78, 5) is 18.3. The predicted molar refractivity (Wildman–Crippen MR) is 85.3 cm³/mol. The summed E-state index contributed by atoms with van der Waals surface area (Å²) in [5.41, 5.74) is 2.06. The molecule has 2 heterocycles. The average Bonchev–Trinajstić information content (AvgIpc) is 2.91. The van der Waals surface area contributed by atoms with E-state index in [1.165, 1.54) is 11.0 Å². The summed E-state index contributed by atoms with van der Waals surface area (Å²) in [6, 6.07) is 7.89. The maximum Gasteiger partial charge on any atom is 0.328 e. The molecular formula is C16H18N2O2S. The molecular weight excluding hydrogens is 284 g/mol. The first kappa shape index (κ1) is 15.4. The molecule has 0 fully saturated rings. The van der Waals surface area contributed by atoms with Gasteiger partial charge in [-0.25, -0.2) is 4.79 Å². The van der Waals surface area contributed by atoms with Crippen LogP contribution in [0.25, 0.3) is 6.08 Å². The summed E-state index contributed by atoms with van der Waals surface area (Å²) in [5.74, 6) is -0.921. The Balaban J connectivity index is 1.89. The Morgan fingerprint density at radius 2 is 2.29 bits per heavy atom. The fourth-order valence-electron chi connectivity index (χ4n) is 1.96. The van der Waals surface area contributed by atoms with E-state index >= 15 is 0 Å². The fraction of sp³-hybridized carbons (Fsp3) is 0.250. The van der Waals surface area contributed by atoms with Gasteiger partial charge in [0, 0.05) is 42.4 Å². The highest BCUT2D eigenvalue weighted by Gasteiger charge is 2.06. The molecule has 0 saturated heterocycles. The summed E-state index contributed by atoms with van der Waals surface area (Å²) in [6.45, 7) is 1.72. The molecule has 21 heavy (non-hydrogen) atoms. The van der Waals surface area contributed by atoms with E-state index in [9.17, 15) is 4.79 Å². The number of thiophene rings is 1. The van der Waals surface area contributed by atoms with Crippen LogP contribution in [0.1, 0.15) is 16.1 Å². The predicted octanol–water partition coefficient (Wildman–Crippen LogP) is 2.92. The van der Waals surface area contributed by atoms with Gasteiger partial charge in [-0.3, -0.25) is 4.98 Å². The molecule has 0 unspecified atom stereocenters. The molecule has 2 rings (SSSR count). The molecule has 110 valence electrons. The molecule has 1 N–H and O–H groups in total. The Morgan fingerprint density at radius 3 is 3.00 bits per heavy atom. The normalized spacial score (nSPS) is 11.3. The molecule has 2 aromatic rings. The number of likely N-dealkylation sites (N-methyl/N-ethyl adjacent to an activating group) is 1. The van der Waals surface area contributed by atoms with Crippen LogP contribution >= 0.6 is 11.3 Å². The van der Waals surface area contributed by atoms with E-state index in [4.69, 9.17) is 5.11 Å². The molecule has 0 atom stereocenters. The fourth-order valence-corrected chi connectivity index (χ4v) is 2.91. The number of carboxylic acids is 1. The van der Waals surface area contributed by atoms with Gasteiger partial charge in [0.2, 0.25) is 0 Å². The Labute approximate surface area is 128 Å². The molecule has 2 aromatic heterocycles. The van der Waals surface area contributed by atoms with Crippen molar-refractivity contribution < 1.29 is 9.90 Å². The second-order valence-corrected chi connectivity index (χ2v) is 5.78. The van der Waals surface area contributed by atoms with E-state index in [2.05, 4.69) is 16.9 Å². The van der Waals surface area contributed by atoms with E-state index in [0.29, 0.717) is 0 Å². The number of carbonyl (C=O) groups is 1. The van der Waals surface area contributed by atoms with Gasteiger partial charge in [-0.1, -0.05) is 6.07 Å². The lowest BCUT2D eigenvalue weighted by Crippen LogP contribution is -2.20. The van der Waals surface area contributed by atoms with E-state index in [0.717, 1.165) is 30.8 Å². The van der Waals surface area contributed by atoms with Gasteiger partial charge in [-0.05, 0) is 42.3 Å². The van der Waals surface area contributed by atoms with Gasteiger partial charge in [0.25, 0.3) is 0 Å². The first-order valence-corrected chi connectivity index (χ1v) is 7.59. The molecule has 0 aliphatic carbocycles. The number of rotatable bonds is 7. The van der Waals surface area contributed by atoms with E-state index in [-0.39, 0.29) is 0 Å². The highest BCUT2D eigenvalue weighted by Crippen LogP contribution is 2.20. The second kappa shape index (κ2) is 7.71. The SMILES string of the molecule is CN(CCc1ccccn1)Cc1sccc1C=CC(=O)O. The third-order valence-electron chi connectivity index (χ3n) is 3.07. The van der Waals surface area contributed by atoms with Crippen molar-refractivity contribution in [1.29, 1.82) is 0 Å². The largest absolute Gasteiger partial charge is 0.478 e. The van der Waals surface area contributed by atoms with Crippen molar-refractivity contribution >= 4 is 23.4 Å². The zero-order chi connectivity index (χ0) is 15.1. The number of hydrogen-bond acceptors (Lipinski definition) is 4. The van der Waals surface area contributed by atoms with Crippen LogP contribution in [0.5, 0.6) is 0 Å². The minimum Gasteiger partial charge on any atom is -0.478 e. The lowest BCUT2D eigenvalue weighted by Gasteiger charge is -2.16. The summed E-state index contributed by atoms with van der Waals surface area (Å²) < 4.78 is 0. The number of nitrogens with zero attached hydrogens (tertiary/aromatic N) is 2. The molecule has 0 radical (unpaired) electrons. The van der Waals surface area contributed by atoms with Gasteiger partial charge in [0.15, 0.2) is 0 Å². The number of pyridine rings is 1. The number of carboxylic acid groups (broad SMARTS) is 1. The second-order valence-electron chi connectivity index (χ2n) is 4.78. The van der Waals surface area contributed by atoms with E-state index < -0.39 is 5.97 Å².